The molecule has 0 aliphatic carbocycles. The second kappa shape index (κ2) is 5.01. The van der Waals surface area contributed by atoms with E-state index in [9.17, 15) is 0 Å². The van der Waals surface area contributed by atoms with Crippen molar-refractivity contribution in [3.05, 3.63) is 35.7 Å². The van der Waals surface area contributed by atoms with Gasteiger partial charge < -0.3 is 15.1 Å². The third kappa shape index (κ3) is 1.97. The summed E-state index contributed by atoms with van der Waals surface area (Å²) in [6, 6.07) is 7.78. The molecule has 7 heteroatoms. The molecule has 100 valence electrons. The van der Waals surface area contributed by atoms with Crippen LogP contribution in [0.1, 0.15) is 6.42 Å². The van der Waals surface area contributed by atoms with Gasteiger partial charge >= 0.3 is 0 Å². The smallest absolute Gasteiger partial charge is 0.216 e. The number of nitrogen functional groups attached to an aromatic ring is 1. The van der Waals surface area contributed by atoms with Gasteiger partial charge in [-0.2, -0.15) is 0 Å². The Morgan fingerprint density at radius 3 is 2.90 bits per heavy atom. The summed E-state index contributed by atoms with van der Waals surface area (Å²) in [5.74, 6) is 0.835. The van der Waals surface area contributed by atoms with Gasteiger partial charge in [-0.3, -0.25) is 0 Å². The second-order valence-corrected chi connectivity index (χ2v) is 4.31. The lowest BCUT2D eigenvalue weighted by Crippen LogP contribution is -2.03. The number of hydrogen-bond acceptors (Lipinski definition) is 5. The molecular formula is C13H12N6O. The Morgan fingerprint density at radius 1 is 1.30 bits per heavy atom. The number of nitrogens with zero attached hydrogens (tertiary/aromatic N) is 5. The molecule has 0 amide bonds. The first kappa shape index (κ1) is 12.2. The number of benzene rings is 1. The average molecular weight is 268 g/mol. The topological polar surface area (TPSA) is 87.1 Å². The van der Waals surface area contributed by atoms with Crippen LogP contribution in [0.2, 0.25) is 0 Å². The maximum absolute atomic E-state index is 6.86. The van der Waals surface area contributed by atoms with Crippen molar-refractivity contribution in [2.75, 3.05) is 12.3 Å². The molecule has 2 N–H and O–H groups in total. The van der Waals surface area contributed by atoms with E-state index >= 15 is 0 Å². The standard InChI is InChI=1S/C13H12N6O/c1-15-7-4-8-19-10-6-3-2-5-9(10)16-13(19)11-12(14)18-20-17-11/h2-3,5-6H,4,7-8H2,(H2,14,18). The molecule has 20 heavy (non-hydrogen) atoms. The third-order valence-corrected chi connectivity index (χ3v) is 3.03. The van der Waals surface area contributed by atoms with E-state index in [0.717, 1.165) is 17.5 Å². The number of rotatable bonds is 4. The summed E-state index contributed by atoms with van der Waals surface area (Å²) in [5, 5.41) is 7.41. The largest absolute Gasteiger partial charge is 0.379 e. The Labute approximate surface area is 114 Å². The van der Waals surface area contributed by atoms with Gasteiger partial charge in [0.1, 0.15) is 0 Å². The van der Waals surface area contributed by atoms with Crippen LogP contribution in [0.15, 0.2) is 28.9 Å². The molecule has 0 saturated heterocycles. The highest BCUT2D eigenvalue weighted by atomic mass is 16.6. The van der Waals surface area contributed by atoms with Gasteiger partial charge in [0.15, 0.2) is 17.3 Å². The van der Waals surface area contributed by atoms with Gasteiger partial charge in [-0.05, 0) is 22.4 Å². The zero-order valence-electron chi connectivity index (χ0n) is 10.7. The van der Waals surface area contributed by atoms with Crippen molar-refractivity contribution in [2.24, 2.45) is 0 Å². The predicted octanol–water partition coefficient (Wildman–Crippen LogP) is 1.98. The number of fused-ring (bicyclic) bond motifs is 1. The van der Waals surface area contributed by atoms with Crippen molar-refractivity contribution >= 4 is 16.9 Å². The van der Waals surface area contributed by atoms with Gasteiger partial charge in [-0.15, -0.1) is 0 Å². The average Bonchev–Trinajstić information content (AvgIpc) is 3.03. The van der Waals surface area contributed by atoms with Gasteiger partial charge in [0.25, 0.3) is 0 Å². The minimum Gasteiger partial charge on any atom is -0.379 e. The number of imidazole rings is 1. The van der Waals surface area contributed by atoms with Crippen LogP contribution >= 0.6 is 0 Å². The van der Waals surface area contributed by atoms with Gasteiger partial charge in [-0.1, -0.05) is 12.1 Å². The molecule has 1 aromatic carbocycles. The van der Waals surface area contributed by atoms with Crippen LogP contribution < -0.4 is 5.73 Å². The first-order chi connectivity index (χ1) is 9.81. The molecule has 0 aliphatic rings. The molecule has 0 atom stereocenters. The fraction of sp³-hybridized carbons (Fsp3) is 0.231. The molecule has 2 heterocycles. The zero-order chi connectivity index (χ0) is 13.9. The van der Waals surface area contributed by atoms with Crippen molar-refractivity contribution in [1.29, 1.82) is 0 Å². The van der Waals surface area contributed by atoms with Crippen LogP contribution in [0, 0.1) is 6.57 Å². The summed E-state index contributed by atoms with van der Waals surface area (Å²) in [4.78, 5) is 7.91. The molecule has 3 rings (SSSR count). The number of hydrogen-bond donors (Lipinski definition) is 1. The maximum Gasteiger partial charge on any atom is 0.216 e. The van der Waals surface area contributed by atoms with Crippen molar-refractivity contribution < 1.29 is 4.63 Å². The van der Waals surface area contributed by atoms with E-state index in [0.29, 0.717) is 24.6 Å². The summed E-state index contributed by atoms with van der Waals surface area (Å²) in [6.07, 6.45) is 0.738. The van der Waals surface area contributed by atoms with Crippen LogP contribution in [0.3, 0.4) is 0 Å². The van der Waals surface area contributed by atoms with Crippen LogP contribution in [0.5, 0.6) is 0 Å². The summed E-state index contributed by atoms with van der Waals surface area (Å²) in [6.45, 7) is 8.01. The van der Waals surface area contributed by atoms with Crippen LogP contribution in [-0.2, 0) is 6.54 Å². The zero-order valence-corrected chi connectivity index (χ0v) is 10.7. The minimum atomic E-state index is 0.215. The number of anilines is 1. The van der Waals surface area contributed by atoms with E-state index < -0.39 is 0 Å². The SMILES string of the molecule is [C-]#[N+]CCCn1c(-c2nonc2N)nc2ccccc21. The quantitative estimate of drug-likeness (QED) is 0.577. The molecule has 0 bridgehead atoms. The number of nitrogens with two attached hydrogens (primary N) is 1. The van der Waals surface area contributed by atoms with E-state index in [-0.39, 0.29) is 5.82 Å². The molecule has 0 radical (unpaired) electrons. The fourth-order valence-corrected chi connectivity index (χ4v) is 2.14. The second-order valence-electron chi connectivity index (χ2n) is 4.31. The molecule has 0 saturated carbocycles. The monoisotopic (exact) mass is 268 g/mol. The molecule has 3 aromatic rings. The summed E-state index contributed by atoms with van der Waals surface area (Å²) in [5.41, 5.74) is 8.02. The Hall–Kier alpha value is -2.88. The van der Waals surface area contributed by atoms with E-state index in [4.69, 9.17) is 12.3 Å². The molecule has 0 spiro atoms. The van der Waals surface area contributed by atoms with Gasteiger partial charge in [-0.25, -0.2) is 16.2 Å². The molecular weight excluding hydrogens is 256 g/mol. The van der Waals surface area contributed by atoms with Crippen molar-refractivity contribution in [3.63, 3.8) is 0 Å². The first-order valence-corrected chi connectivity index (χ1v) is 6.18. The van der Waals surface area contributed by atoms with Gasteiger partial charge in [0, 0.05) is 13.0 Å². The molecule has 0 fully saturated rings. The van der Waals surface area contributed by atoms with E-state index in [1.54, 1.807) is 0 Å². The van der Waals surface area contributed by atoms with E-state index in [2.05, 4.69) is 24.8 Å². The van der Waals surface area contributed by atoms with Crippen LogP contribution in [0.25, 0.3) is 27.4 Å². The lowest BCUT2D eigenvalue weighted by Gasteiger charge is -2.05. The lowest BCUT2D eigenvalue weighted by molar-refractivity contribution is 0.310. The molecule has 7 nitrogen and oxygen atoms in total. The van der Waals surface area contributed by atoms with Gasteiger partial charge in [0.05, 0.1) is 11.0 Å². The van der Waals surface area contributed by atoms with Crippen LogP contribution in [0.4, 0.5) is 5.82 Å². The highest BCUT2D eigenvalue weighted by Crippen LogP contribution is 2.26. The lowest BCUT2D eigenvalue weighted by atomic mass is 10.3. The minimum absolute atomic E-state index is 0.215. The fourth-order valence-electron chi connectivity index (χ4n) is 2.14. The van der Waals surface area contributed by atoms with Crippen molar-refractivity contribution in [1.82, 2.24) is 19.9 Å². The first-order valence-electron chi connectivity index (χ1n) is 6.18. The number of para-hydroxylation sites is 2. The Kier molecular flexibility index (Phi) is 3.05. The van der Waals surface area contributed by atoms with Crippen molar-refractivity contribution in [3.8, 4) is 11.5 Å². The van der Waals surface area contributed by atoms with E-state index in [1.165, 1.54) is 0 Å². The Balaban J connectivity index is 2.13. The van der Waals surface area contributed by atoms with Crippen LogP contribution in [-0.4, -0.2) is 26.4 Å². The number of aromatic nitrogens is 4. The summed E-state index contributed by atoms with van der Waals surface area (Å²) in [7, 11) is 0. The maximum atomic E-state index is 6.86. The number of aryl methyl sites for hydroxylation is 1. The van der Waals surface area contributed by atoms with Crippen molar-refractivity contribution in [2.45, 2.75) is 13.0 Å². The molecule has 2 aromatic heterocycles. The Morgan fingerprint density at radius 2 is 2.15 bits per heavy atom. The Bertz CT molecular complexity index is 782. The molecule has 0 aliphatic heterocycles. The van der Waals surface area contributed by atoms with E-state index in [1.807, 2.05) is 28.8 Å². The van der Waals surface area contributed by atoms with Gasteiger partial charge in [0.2, 0.25) is 6.54 Å². The summed E-state index contributed by atoms with van der Waals surface area (Å²) >= 11 is 0. The molecule has 0 unspecified atom stereocenters. The summed E-state index contributed by atoms with van der Waals surface area (Å²) < 4.78 is 6.65. The normalized spacial score (nSPS) is 10.8. The highest BCUT2D eigenvalue weighted by Gasteiger charge is 2.18. The third-order valence-electron chi connectivity index (χ3n) is 3.03. The highest BCUT2D eigenvalue weighted by molar-refractivity contribution is 5.81. The predicted molar refractivity (Wildman–Crippen MR) is 73.5 cm³/mol.